The highest BCUT2D eigenvalue weighted by Crippen LogP contribution is 2.42. The van der Waals surface area contributed by atoms with E-state index in [1.807, 2.05) is 54.5 Å². The van der Waals surface area contributed by atoms with Crippen molar-refractivity contribution in [2.45, 2.75) is 60.5 Å². The van der Waals surface area contributed by atoms with Crippen molar-refractivity contribution >= 4 is 17.3 Å². The Morgan fingerprint density at radius 2 is 1.73 bits per heavy atom. The molecule has 2 aromatic rings. The van der Waals surface area contributed by atoms with Gasteiger partial charge in [0.2, 0.25) is 5.91 Å². The molecule has 1 amide bonds. The summed E-state index contributed by atoms with van der Waals surface area (Å²) in [6, 6.07) is 1.33. The van der Waals surface area contributed by atoms with Gasteiger partial charge in [0, 0.05) is 17.5 Å². The highest BCUT2D eigenvalue weighted by Gasteiger charge is 2.44. The minimum absolute atomic E-state index is 0.0408. The molecule has 4 rings (SSSR count). The fourth-order valence-electron chi connectivity index (χ4n) is 4.82. The number of furan rings is 1. The molecule has 1 aromatic carbocycles. The summed E-state index contributed by atoms with van der Waals surface area (Å²) in [5.41, 5.74) is -0.577. The van der Waals surface area contributed by atoms with Crippen molar-refractivity contribution in [1.82, 2.24) is 5.32 Å². The molecule has 8 heteroatoms. The van der Waals surface area contributed by atoms with Crippen LogP contribution < -0.4 is 26.8 Å². The van der Waals surface area contributed by atoms with Gasteiger partial charge in [0.05, 0.1) is 11.7 Å². The van der Waals surface area contributed by atoms with Gasteiger partial charge >= 0.3 is 0 Å². The molecule has 3 N–H and O–H groups in total. The summed E-state index contributed by atoms with van der Waals surface area (Å²) in [5.74, 6) is 0.0285. The van der Waals surface area contributed by atoms with Gasteiger partial charge in [-0.15, -0.1) is 0 Å². The van der Waals surface area contributed by atoms with Gasteiger partial charge in [-0.1, -0.05) is 27.7 Å². The molecule has 4 atom stereocenters. The van der Waals surface area contributed by atoms with Gasteiger partial charge in [-0.25, -0.2) is 4.39 Å². The number of allylic oxidation sites excluding steroid dienone is 2. The van der Waals surface area contributed by atoms with E-state index in [-0.39, 0.29) is 51.8 Å². The summed E-state index contributed by atoms with van der Waals surface area (Å²) in [4.78, 5) is 37.6. The fraction of sp³-hybridized carbons (Fsp3) is 0.480. The van der Waals surface area contributed by atoms with Crippen molar-refractivity contribution < 1.29 is 13.6 Å². The lowest BCUT2D eigenvalue weighted by atomic mass is 9.80. The number of nitrogens with one attached hydrogen (secondary N) is 3. The molecule has 1 aliphatic carbocycles. The van der Waals surface area contributed by atoms with Crippen molar-refractivity contribution in [2.24, 2.45) is 17.3 Å². The van der Waals surface area contributed by atoms with Crippen LogP contribution in [-0.2, 0) is 4.79 Å². The molecule has 1 saturated heterocycles. The van der Waals surface area contributed by atoms with E-state index in [0.29, 0.717) is 5.76 Å². The van der Waals surface area contributed by atoms with Crippen LogP contribution in [0.15, 0.2) is 43.2 Å². The van der Waals surface area contributed by atoms with E-state index in [1.165, 1.54) is 6.08 Å². The molecule has 1 aliphatic heterocycles. The van der Waals surface area contributed by atoms with E-state index < -0.39 is 22.7 Å². The zero-order valence-corrected chi connectivity index (χ0v) is 20.0. The third kappa shape index (κ3) is 3.71. The Hall–Kier alpha value is -3.16. The number of aryl methyl sites for hydroxylation is 2. The molecule has 0 saturated carbocycles. The standard InChI is InChI=1S/C25H30FN3O4/c1-10-9-15(33-13(10)4)23(25(5,6)7)29-20-19(21(30)22(20)31)28-18-14(26)8-11(2)16-12(3)27-24(32)17(16)18/h8-9,11-12,16,23,28-29H,1-7H3,(H,27,32)/t11?,12-,16?,23-/m0/s1. The van der Waals surface area contributed by atoms with Crippen LogP contribution in [0.2, 0.25) is 0 Å². The van der Waals surface area contributed by atoms with E-state index in [0.717, 1.165) is 11.3 Å². The van der Waals surface area contributed by atoms with E-state index in [1.54, 1.807) is 0 Å². The van der Waals surface area contributed by atoms with Crippen LogP contribution in [0.5, 0.6) is 0 Å². The summed E-state index contributed by atoms with van der Waals surface area (Å²) in [5, 5.41) is 8.78. The Bertz CT molecular complexity index is 1250. The number of halogens is 1. The van der Waals surface area contributed by atoms with Crippen LogP contribution in [0.1, 0.15) is 57.7 Å². The second-order valence-electron chi connectivity index (χ2n) is 10.3. The Morgan fingerprint density at radius 1 is 1.09 bits per heavy atom. The second-order valence-corrected chi connectivity index (χ2v) is 10.3. The van der Waals surface area contributed by atoms with Crippen molar-refractivity contribution in [3.05, 3.63) is 66.8 Å². The Kier molecular flexibility index (Phi) is 5.38. The first-order valence-corrected chi connectivity index (χ1v) is 11.2. The molecule has 2 heterocycles. The lowest BCUT2D eigenvalue weighted by Gasteiger charge is -2.32. The van der Waals surface area contributed by atoms with Crippen LogP contribution in [0.4, 0.5) is 15.8 Å². The van der Waals surface area contributed by atoms with Crippen LogP contribution in [-0.4, -0.2) is 11.9 Å². The number of anilines is 2. The van der Waals surface area contributed by atoms with Gasteiger partial charge in [-0.05, 0) is 49.8 Å². The van der Waals surface area contributed by atoms with Crippen LogP contribution in [0.25, 0.3) is 0 Å². The number of amides is 1. The zero-order valence-electron chi connectivity index (χ0n) is 20.0. The maximum absolute atomic E-state index is 15.0. The van der Waals surface area contributed by atoms with Gasteiger partial charge in [0.25, 0.3) is 10.9 Å². The highest BCUT2D eigenvalue weighted by molar-refractivity contribution is 5.99. The van der Waals surface area contributed by atoms with Gasteiger partial charge in [0.15, 0.2) is 0 Å². The summed E-state index contributed by atoms with van der Waals surface area (Å²) in [6.45, 7) is 13.5. The number of hydrogen-bond acceptors (Lipinski definition) is 6. The maximum atomic E-state index is 15.0. The molecule has 0 bridgehead atoms. The fourth-order valence-corrected chi connectivity index (χ4v) is 4.82. The lowest BCUT2D eigenvalue weighted by molar-refractivity contribution is -0.116. The van der Waals surface area contributed by atoms with E-state index >= 15 is 0 Å². The van der Waals surface area contributed by atoms with Crippen molar-refractivity contribution in [2.75, 3.05) is 10.6 Å². The van der Waals surface area contributed by atoms with Crippen molar-refractivity contribution in [1.29, 1.82) is 0 Å². The van der Waals surface area contributed by atoms with Crippen molar-refractivity contribution in [3.8, 4) is 0 Å². The topological polar surface area (TPSA) is 100 Å². The minimum atomic E-state index is -0.750. The minimum Gasteiger partial charge on any atom is -0.464 e. The number of hydrogen-bond donors (Lipinski definition) is 3. The van der Waals surface area contributed by atoms with Crippen LogP contribution >= 0.6 is 0 Å². The number of carbonyl (C=O) groups is 1. The third-order valence-corrected chi connectivity index (χ3v) is 6.74. The van der Waals surface area contributed by atoms with Crippen LogP contribution in [0, 0.1) is 31.1 Å². The zero-order chi connectivity index (χ0) is 24.4. The first-order valence-electron chi connectivity index (χ1n) is 11.2. The first-order chi connectivity index (χ1) is 15.3. The average Bonchev–Trinajstić information content (AvgIpc) is 3.19. The van der Waals surface area contributed by atoms with Gasteiger partial charge in [-0.3, -0.25) is 14.4 Å². The van der Waals surface area contributed by atoms with E-state index in [9.17, 15) is 18.8 Å². The molecule has 7 nitrogen and oxygen atoms in total. The Balaban J connectivity index is 1.73. The summed E-state index contributed by atoms with van der Waals surface area (Å²) in [7, 11) is 0. The molecular formula is C25H30FN3O4. The van der Waals surface area contributed by atoms with E-state index in [2.05, 4.69) is 16.0 Å². The van der Waals surface area contributed by atoms with Crippen molar-refractivity contribution in [3.63, 3.8) is 0 Å². The summed E-state index contributed by atoms with van der Waals surface area (Å²) in [6.07, 6.45) is 1.44. The average molecular weight is 456 g/mol. The third-order valence-electron chi connectivity index (χ3n) is 6.74. The summed E-state index contributed by atoms with van der Waals surface area (Å²) >= 11 is 0. The van der Waals surface area contributed by atoms with Gasteiger partial charge < -0.3 is 20.4 Å². The summed E-state index contributed by atoms with van der Waals surface area (Å²) < 4.78 is 20.9. The first kappa shape index (κ1) is 23.0. The van der Waals surface area contributed by atoms with E-state index in [4.69, 9.17) is 4.42 Å². The molecule has 176 valence electrons. The predicted molar refractivity (Wildman–Crippen MR) is 125 cm³/mol. The monoisotopic (exact) mass is 455 g/mol. The van der Waals surface area contributed by atoms with Gasteiger partial charge in [0.1, 0.15) is 28.7 Å². The molecular weight excluding hydrogens is 425 g/mol. The smallest absolute Gasteiger partial charge is 0.253 e. The number of rotatable bonds is 5. The molecule has 1 fully saturated rings. The van der Waals surface area contributed by atoms with Crippen LogP contribution in [0.3, 0.4) is 0 Å². The quantitative estimate of drug-likeness (QED) is 0.590. The Morgan fingerprint density at radius 3 is 2.30 bits per heavy atom. The molecule has 0 spiro atoms. The molecule has 33 heavy (non-hydrogen) atoms. The largest absolute Gasteiger partial charge is 0.464 e. The molecule has 2 unspecified atom stereocenters. The normalized spacial score (nSPS) is 23.9. The number of fused-ring (bicyclic) bond motifs is 1. The highest BCUT2D eigenvalue weighted by atomic mass is 19.1. The SMILES string of the molecule is Cc1cc([C@H](Nc2c(NC3=C4C(=O)N[C@@H](C)C4C(C)C=C3F)c(=O)c2=O)C(C)(C)C)oc1C. The van der Waals surface area contributed by atoms with Gasteiger partial charge in [-0.2, -0.15) is 0 Å². The maximum Gasteiger partial charge on any atom is 0.253 e. The predicted octanol–water partition coefficient (Wildman–Crippen LogP) is 4.00. The molecule has 0 radical (unpaired) electrons. The Labute approximate surface area is 191 Å². The number of carbonyl (C=O) groups excluding carboxylic acids is 1. The second kappa shape index (κ2) is 7.71. The lowest BCUT2D eigenvalue weighted by Crippen LogP contribution is -2.40. The molecule has 1 aromatic heterocycles. The molecule has 2 aliphatic rings.